The molecule has 0 aliphatic rings. The summed E-state index contributed by atoms with van der Waals surface area (Å²) in [5.41, 5.74) is 1.01. The van der Waals surface area contributed by atoms with Crippen molar-refractivity contribution in [3.8, 4) is 0 Å². The SMILES string of the molecule is C=CCN(C)c1nccn2nccc12. The number of anilines is 1. The molecule has 0 unspecified atom stereocenters. The molecule has 0 bridgehead atoms. The molecule has 0 atom stereocenters. The fraction of sp³-hybridized carbons (Fsp3) is 0.200. The predicted octanol–water partition coefficient (Wildman–Crippen LogP) is 1.35. The number of likely N-dealkylation sites (N-methyl/N-ethyl adjacent to an activating group) is 1. The van der Waals surface area contributed by atoms with Gasteiger partial charge >= 0.3 is 0 Å². The van der Waals surface area contributed by atoms with Crippen molar-refractivity contribution in [1.29, 1.82) is 0 Å². The van der Waals surface area contributed by atoms with Gasteiger partial charge in [0.2, 0.25) is 0 Å². The van der Waals surface area contributed by atoms with Crippen molar-refractivity contribution in [1.82, 2.24) is 14.6 Å². The molecule has 2 rings (SSSR count). The van der Waals surface area contributed by atoms with Crippen molar-refractivity contribution in [2.75, 3.05) is 18.5 Å². The Morgan fingerprint density at radius 3 is 3.21 bits per heavy atom. The monoisotopic (exact) mass is 188 g/mol. The minimum absolute atomic E-state index is 0.776. The van der Waals surface area contributed by atoms with Crippen LogP contribution < -0.4 is 4.90 Å². The van der Waals surface area contributed by atoms with Crippen molar-refractivity contribution in [3.63, 3.8) is 0 Å². The number of fused-ring (bicyclic) bond motifs is 1. The van der Waals surface area contributed by atoms with Gasteiger partial charge in [0.1, 0.15) is 5.52 Å². The van der Waals surface area contributed by atoms with E-state index < -0.39 is 0 Å². The number of hydrogen-bond acceptors (Lipinski definition) is 3. The van der Waals surface area contributed by atoms with Gasteiger partial charge in [-0.1, -0.05) is 6.08 Å². The van der Waals surface area contributed by atoms with Gasteiger partial charge < -0.3 is 4.90 Å². The number of hydrogen-bond donors (Lipinski definition) is 0. The summed E-state index contributed by atoms with van der Waals surface area (Å²) < 4.78 is 1.81. The molecule has 0 aliphatic heterocycles. The molecule has 0 radical (unpaired) electrons. The van der Waals surface area contributed by atoms with Gasteiger partial charge in [-0.15, -0.1) is 6.58 Å². The van der Waals surface area contributed by atoms with Gasteiger partial charge in [-0.05, 0) is 6.07 Å². The van der Waals surface area contributed by atoms with Crippen LogP contribution in [0.4, 0.5) is 5.82 Å². The van der Waals surface area contributed by atoms with Crippen LogP contribution in [0.2, 0.25) is 0 Å². The highest BCUT2D eigenvalue weighted by Crippen LogP contribution is 2.15. The quantitative estimate of drug-likeness (QED) is 0.682. The van der Waals surface area contributed by atoms with E-state index in [2.05, 4.69) is 16.7 Å². The van der Waals surface area contributed by atoms with E-state index in [-0.39, 0.29) is 0 Å². The van der Waals surface area contributed by atoms with Gasteiger partial charge in [0.05, 0.1) is 6.20 Å². The molecule has 72 valence electrons. The van der Waals surface area contributed by atoms with E-state index in [0.717, 1.165) is 17.9 Å². The van der Waals surface area contributed by atoms with Crippen LogP contribution in [0.3, 0.4) is 0 Å². The molecule has 0 saturated heterocycles. The smallest absolute Gasteiger partial charge is 0.154 e. The predicted molar refractivity (Wildman–Crippen MR) is 56.5 cm³/mol. The van der Waals surface area contributed by atoms with Gasteiger partial charge in [0.25, 0.3) is 0 Å². The van der Waals surface area contributed by atoms with Crippen LogP contribution in [-0.4, -0.2) is 28.2 Å². The summed E-state index contributed by atoms with van der Waals surface area (Å²) in [4.78, 5) is 6.35. The Morgan fingerprint density at radius 1 is 1.57 bits per heavy atom. The van der Waals surface area contributed by atoms with E-state index in [1.165, 1.54) is 0 Å². The van der Waals surface area contributed by atoms with Gasteiger partial charge in [0.15, 0.2) is 5.82 Å². The number of aromatic nitrogens is 3. The Morgan fingerprint density at radius 2 is 2.43 bits per heavy atom. The lowest BCUT2D eigenvalue weighted by Crippen LogP contribution is -2.18. The average molecular weight is 188 g/mol. The van der Waals surface area contributed by atoms with E-state index >= 15 is 0 Å². The second-order valence-electron chi connectivity index (χ2n) is 3.08. The van der Waals surface area contributed by atoms with Crippen LogP contribution >= 0.6 is 0 Å². The third kappa shape index (κ3) is 1.35. The molecule has 2 heterocycles. The zero-order valence-electron chi connectivity index (χ0n) is 8.09. The maximum Gasteiger partial charge on any atom is 0.154 e. The Hall–Kier alpha value is -1.84. The fourth-order valence-electron chi connectivity index (χ4n) is 1.42. The van der Waals surface area contributed by atoms with Crippen LogP contribution in [0, 0.1) is 0 Å². The van der Waals surface area contributed by atoms with Gasteiger partial charge in [-0.3, -0.25) is 0 Å². The molecule has 0 aliphatic carbocycles. The highest BCUT2D eigenvalue weighted by atomic mass is 15.3. The second-order valence-corrected chi connectivity index (χ2v) is 3.08. The molecule has 0 N–H and O–H groups in total. The number of rotatable bonds is 3. The Kier molecular flexibility index (Phi) is 2.18. The highest BCUT2D eigenvalue weighted by Gasteiger charge is 2.06. The standard InChI is InChI=1S/C10H12N4/c1-3-7-13(2)10-9-4-5-12-14(9)8-6-11-10/h3-6,8H,1,7H2,2H3. The largest absolute Gasteiger partial charge is 0.354 e. The molecule has 2 aromatic rings. The van der Waals surface area contributed by atoms with Crippen molar-refractivity contribution in [2.45, 2.75) is 0 Å². The lowest BCUT2D eigenvalue weighted by Gasteiger charge is -2.16. The van der Waals surface area contributed by atoms with Gasteiger partial charge in [-0.2, -0.15) is 5.10 Å². The first kappa shape index (κ1) is 8.74. The first-order valence-electron chi connectivity index (χ1n) is 4.43. The van der Waals surface area contributed by atoms with Crippen molar-refractivity contribution in [3.05, 3.63) is 37.3 Å². The Balaban J connectivity index is 2.50. The summed E-state index contributed by atoms with van der Waals surface area (Å²) in [7, 11) is 1.98. The summed E-state index contributed by atoms with van der Waals surface area (Å²) in [5.74, 6) is 0.921. The van der Waals surface area contributed by atoms with Gasteiger partial charge in [0, 0.05) is 26.0 Å². The highest BCUT2D eigenvalue weighted by molar-refractivity contribution is 5.67. The van der Waals surface area contributed by atoms with Crippen molar-refractivity contribution in [2.24, 2.45) is 0 Å². The molecular weight excluding hydrogens is 176 g/mol. The zero-order chi connectivity index (χ0) is 9.97. The van der Waals surface area contributed by atoms with Crippen LogP contribution in [-0.2, 0) is 0 Å². The normalized spacial score (nSPS) is 10.4. The maximum absolute atomic E-state index is 4.31. The van der Waals surface area contributed by atoms with E-state index in [9.17, 15) is 0 Å². The molecule has 0 aromatic carbocycles. The van der Waals surface area contributed by atoms with Gasteiger partial charge in [-0.25, -0.2) is 9.50 Å². The molecular formula is C10H12N4. The van der Waals surface area contributed by atoms with Crippen LogP contribution in [0.25, 0.3) is 5.52 Å². The third-order valence-electron chi connectivity index (χ3n) is 2.07. The first-order chi connectivity index (χ1) is 6.83. The summed E-state index contributed by atoms with van der Waals surface area (Å²) in [5, 5.41) is 4.15. The minimum atomic E-state index is 0.776. The van der Waals surface area contributed by atoms with E-state index in [1.807, 2.05) is 34.8 Å². The summed E-state index contributed by atoms with van der Waals surface area (Å²) >= 11 is 0. The summed E-state index contributed by atoms with van der Waals surface area (Å²) in [6, 6.07) is 1.95. The lowest BCUT2D eigenvalue weighted by atomic mass is 10.4. The Bertz CT molecular complexity index is 446. The minimum Gasteiger partial charge on any atom is -0.354 e. The first-order valence-corrected chi connectivity index (χ1v) is 4.43. The van der Waals surface area contributed by atoms with Crippen molar-refractivity contribution >= 4 is 11.3 Å². The summed E-state index contributed by atoms with van der Waals surface area (Å²) in [6.07, 6.45) is 7.19. The Labute approximate surface area is 82.5 Å². The molecule has 0 spiro atoms. The van der Waals surface area contributed by atoms with E-state index in [1.54, 1.807) is 12.4 Å². The van der Waals surface area contributed by atoms with Crippen LogP contribution in [0.15, 0.2) is 37.3 Å². The van der Waals surface area contributed by atoms with E-state index in [0.29, 0.717) is 0 Å². The van der Waals surface area contributed by atoms with Crippen molar-refractivity contribution < 1.29 is 0 Å². The zero-order valence-corrected chi connectivity index (χ0v) is 8.09. The topological polar surface area (TPSA) is 33.4 Å². The number of nitrogens with zero attached hydrogens (tertiary/aromatic N) is 4. The molecule has 4 nitrogen and oxygen atoms in total. The van der Waals surface area contributed by atoms with Crippen LogP contribution in [0.5, 0.6) is 0 Å². The fourth-order valence-corrected chi connectivity index (χ4v) is 1.42. The molecule has 4 heteroatoms. The third-order valence-corrected chi connectivity index (χ3v) is 2.07. The molecule has 0 fully saturated rings. The molecule has 0 saturated carbocycles. The lowest BCUT2D eigenvalue weighted by molar-refractivity contribution is 0.919. The van der Waals surface area contributed by atoms with Crippen LogP contribution in [0.1, 0.15) is 0 Å². The average Bonchev–Trinajstić information content (AvgIpc) is 2.65. The molecule has 2 aromatic heterocycles. The second kappa shape index (κ2) is 3.49. The summed E-state index contributed by atoms with van der Waals surface area (Å²) in [6.45, 7) is 4.48. The maximum atomic E-state index is 4.31. The molecule has 14 heavy (non-hydrogen) atoms. The molecule has 0 amide bonds. The van der Waals surface area contributed by atoms with E-state index in [4.69, 9.17) is 0 Å².